The molecule has 28 heavy (non-hydrogen) atoms. The fourth-order valence-electron chi connectivity index (χ4n) is 2.99. The summed E-state index contributed by atoms with van der Waals surface area (Å²) in [5.74, 6) is 0.666. The van der Waals surface area contributed by atoms with E-state index < -0.39 is 10.0 Å². The number of aromatic nitrogens is 1. The Bertz CT molecular complexity index is 907. The Kier molecular flexibility index (Phi) is 7.08. The van der Waals surface area contributed by atoms with Gasteiger partial charge in [0.25, 0.3) is 10.0 Å². The SMILES string of the molecule is CN=C(NCc1ccc(S(=O)(=O)N2CCCCC2)s1)NCc1nc(C)c(C)s1. The maximum atomic E-state index is 12.8. The van der Waals surface area contributed by atoms with Crippen molar-refractivity contribution in [3.05, 3.63) is 32.6 Å². The topological polar surface area (TPSA) is 86.7 Å². The van der Waals surface area contributed by atoms with Crippen molar-refractivity contribution in [2.24, 2.45) is 4.99 Å². The van der Waals surface area contributed by atoms with Crippen molar-refractivity contribution < 1.29 is 8.42 Å². The third-order valence-electron chi connectivity index (χ3n) is 4.68. The highest BCUT2D eigenvalue weighted by Crippen LogP contribution is 2.27. The number of thiophene rings is 1. The number of hydrogen-bond donors (Lipinski definition) is 2. The molecule has 1 fully saturated rings. The van der Waals surface area contributed by atoms with E-state index in [9.17, 15) is 8.42 Å². The van der Waals surface area contributed by atoms with Crippen LogP contribution in [0.15, 0.2) is 21.3 Å². The average molecular weight is 442 g/mol. The minimum atomic E-state index is -3.36. The maximum Gasteiger partial charge on any atom is 0.252 e. The zero-order valence-corrected chi connectivity index (χ0v) is 18.9. The van der Waals surface area contributed by atoms with Crippen molar-refractivity contribution in [2.75, 3.05) is 20.1 Å². The minimum Gasteiger partial charge on any atom is -0.352 e. The van der Waals surface area contributed by atoms with E-state index in [1.807, 2.05) is 13.0 Å². The van der Waals surface area contributed by atoms with Gasteiger partial charge in [-0.3, -0.25) is 4.99 Å². The summed E-state index contributed by atoms with van der Waals surface area (Å²) in [4.78, 5) is 10.9. The Morgan fingerprint density at radius 3 is 2.50 bits per heavy atom. The van der Waals surface area contributed by atoms with Crippen LogP contribution >= 0.6 is 22.7 Å². The molecule has 3 rings (SSSR count). The van der Waals surface area contributed by atoms with Crippen molar-refractivity contribution in [1.29, 1.82) is 0 Å². The molecule has 0 saturated carbocycles. The van der Waals surface area contributed by atoms with E-state index in [0.29, 0.717) is 36.3 Å². The van der Waals surface area contributed by atoms with E-state index in [1.54, 1.807) is 28.8 Å². The van der Waals surface area contributed by atoms with Crippen LogP contribution in [-0.4, -0.2) is 43.8 Å². The standard InChI is InChI=1S/C18H27N5O2S3/c1-13-14(2)26-16(22-13)12-21-18(19-3)20-11-15-7-8-17(27-15)28(24,25)23-9-5-4-6-10-23/h7-8H,4-6,9-12H2,1-3H3,(H2,19,20,21). The van der Waals surface area contributed by atoms with Gasteiger partial charge in [0.05, 0.1) is 18.8 Å². The summed E-state index contributed by atoms with van der Waals surface area (Å²) in [7, 11) is -1.65. The molecular weight excluding hydrogens is 414 g/mol. The molecule has 3 heterocycles. The van der Waals surface area contributed by atoms with Gasteiger partial charge in [0.1, 0.15) is 9.22 Å². The highest BCUT2D eigenvalue weighted by molar-refractivity contribution is 7.91. The summed E-state index contributed by atoms with van der Waals surface area (Å²) in [6.07, 6.45) is 3.00. The molecule has 1 aliphatic heterocycles. The zero-order valence-electron chi connectivity index (χ0n) is 16.5. The van der Waals surface area contributed by atoms with E-state index in [4.69, 9.17) is 0 Å². The van der Waals surface area contributed by atoms with Crippen molar-refractivity contribution >= 4 is 38.7 Å². The predicted molar refractivity (Wildman–Crippen MR) is 116 cm³/mol. The quantitative estimate of drug-likeness (QED) is 0.532. The Hall–Kier alpha value is -1.49. The van der Waals surface area contributed by atoms with E-state index in [1.165, 1.54) is 16.2 Å². The Balaban J connectivity index is 1.55. The first-order chi connectivity index (χ1) is 13.4. The summed E-state index contributed by atoms with van der Waals surface area (Å²) in [6, 6.07) is 3.58. The molecule has 1 aliphatic rings. The van der Waals surface area contributed by atoms with Crippen molar-refractivity contribution in [2.45, 2.75) is 50.4 Å². The van der Waals surface area contributed by atoms with Crippen molar-refractivity contribution in [3.8, 4) is 0 Å². The van der Waals surface area contributed by atoms with E-state index >= 15 is 0 Å². The van der Waals surface area contributed by atoms with Gasteiger partial charge in [0.2, 0.25) is 0 Å². The Morgan fingerprint density at radius 1 is 1.14 bits per heavy atom. The molecule has 0 amide bonds. The summed E-state index contributed by atoms with van der Waals surface area (Å²) in [5.41, 5.74) is 1.06. The molecule has 0 spiro atoms. The van der Waals surface area contributed by atoms with Gasteiger partial charge in [-0.15, -0.1) is 22.7 Å². The first-order valence-corrected chi connectivity index (χ1v) is 12.4. The smallest absolute Gasteiger partial charge is 0.252 e. The van der Waals surface area contributed by atoms with E-state index in [0.717, 1.165) is 34.8 Å². The first kappa shape index (κ1) is 21.2. The lowest BCUT2D eigenvalue weighted by atomic mass is 10.2. The first-order valence-electron chi connectivity index (χ1n) is 9.36. The average Bonchev–Trinajstić information content (AvgIpc) is 3.30. The lowest BCUT2D eigenvalue weighted by Crippen LogP contribution is -2.36. The Labute approximate surface area is 175 Å². The van der Waals surface area contributed by atoms with Crippen LogP contribution in [0.25, 0.3) is 0 Å². The fourth-order valence-corrected chi connectivity index (χ4v) is 6.83. The van der Waals surface area contributed by atoms with Crippen molar-refractivity contribution in [1.82, 2.24) is 19.9 Å². The lowest BCUT2D eigenvalue weighted by Gasteiger charge is -2.25. The van der Waals surface area contributed by atoms with Gasteiger partial charge in [0.15, 0.2) is 5.96 Å². The van der Waals surface area contributed by atoms with Crippen LogP contribution in [0.1, 0.15) is 39.7 Å². The number of piperidine rings is 1. The second-order valence-electron chi connectivity index (χ2n) is 6.71. The van der Waals surface area contributed by atoms with Crippen LogP contribution in [0.2, 0.25) is 0 Å². The van der Waals surface area contributed by atoms with Gasteiger partial charge in [-0.25, -0.2) is 13.4 Å². The second kappa shape index (κ2) is 9.34. The number of aryl methyl sites for hydroxylation is 2. The van der Waals surface area contributed by atoms with Crippen LogP contribution in [-0.2, 0) is 23.1 Å². The molecule has 2 aromatic heterocycles. The summed E-state index contributed by atoms with van der Waals surface area (Å²) in [5, 5.41) is 7.51. The van der Waals surface area contributed by atoms with Crippen molar-refractivity contribution in [3.63, 3.8) is 0 Å². The van der Waals surface area contributed by atoms with E-state index in [2.05, 4.69) is 27.5 Å². The number of guanidine groups is 1. The maximum absolute atomic E-state index is 12.8. The highest BCUT2D eigenvalue weighted by atomic mass is 32.2. The van der Waals surface area contributed by atoms with Gasteiger partial charge in [-0.2, -0.15) is 4.31 Å². The van der Waals surface area contributed by atoms with Crippen LogP contribution in [0.5, 0.6) is 0 Å². The second-order valence-corrected chi connectivity index (χ2v) is 11.3. The summed E-state index contributed by atoms with van der Waals surface area (Å²) >= 11 is 3.00. The molecular formula is C18H27N5O2S3. The molecule has 0 unspecified atom stereocenters. The van der Waals surface area contributed by atoms with Gasteiger partial charge in [0, 0.05) is 29.9 Å². The minimum absolute atomic E-state index is 0.419. The van der Waals surface area contributed by atoms with Crippen LogP contribution in [0, 0.1) is 13.8 Å². The zero-order chi connectivity index (χ0) is 20.1. The largest absolute Gasteiger partial charge is 0.352 e. The molecule has 2 N–H and O–H groups in total. The molecule has 0 radical (unpaired) electrons. The predicted octanol–water partition coefficient (Wildman–Crippen LogP) is 2.86. The van der Waals surface area contributed by atoms with Crippen LogP contribution < -0.4 is 10.6 Å². The monoisotopic (exact) mass is 441 g/mol. The summed E-state index contributed by atoms with van der Waals surface area (Å²) < 4.78 is 27.5. The van der Waals surface area contributed by atoms with Gasteiger partial charge in [-0.05, 0) is 38.8 Å². The molecule has 0 atom stereocenters. The molecule has 154 valence electrons. The fraction of sp³-hybridized carbons (Fsp3) is 0.556. The molecule has 1 saturated heterocycles. The third kappa shape index (κ3) is 5.11. The molecule has 10 heteroatoms. The molecule has 2 aromatic rings. The molecule has 0 bridgehead atoms. The van der Waals surface area contributed by atoms with E-state index in [-0.39, 0.29) is 0 Å². The van der Waals surface area contributed by atoms with Crippen LogP contribution in [0.4, 0.5) is 0 Å². The summed E-state index contributed by atoms with van der Waals surface area (Å²) in [6.45, 7) is 6.46. The van der Waals surface area contributed by atoms with Gasteiger partial charge >= 0.3 is 0 Å². The molecule has 7 nitrogen and oxygen atoms in total. The third-order valence-corrected chi connectivity index (χ3v) is 9.20. The molecule has 0 aromatic carbocycles. The van der Waals surface area contributed by atoms with Crippen LogP contribution in [0.3, 0.4) is 0 Å². The number of nitrogens with one attached hydrogen (secondary N) is 2. The number of sulfonamides is 1. The highest BCUT2D eigenvalue weighted by Gasteiger charge is 2.27. The number of nitrogens with zero attached hydrogens (tertiary/aromatic N) is 3. The Morgan fingerprint density at radius 2 is 1.86 bits per heavy atom. The van der Waals surface area contributed by atoms with Gasteiger partial charge in [-0.1, -0.05) is 6.42 Å². The number of rotatable bonds is 6. The number of aliphatic imine (C=N–C) groups is 1. The normalized spacial score (nSPS) is 16.3. The number of hydrogen-bond acceptors (Lipinski definition) is 6. The van der Waals surface area contributed by atoms with Gasteiger partial charge < -0.3 is 10.6 Å². The molecule has 0 aliphatic carbocycles. The lowest BCUT2D eigenvalue weighted by molar-refractivity contribution is 0.347. The number of thiazole rings is 1.